The molecule has 1 aromatic heterocycles. The lowest BCUT2D eigenvalue weighted by Gasteiger charge is -2.08. The second-order valence-electron chi connectivity index (χ2n) is 2.80. The minimum Gasteiger partial charge on any atom is -0.469 e. The van der Waals surface area contributed by atoms with Crippen molar-refractivity contribution in [2.45, 2.75) is 13.1 Å². The quantitative estimate of drug-likeness (QED) is 0.712. The average molecular weight is 236 g/mol. The molecule has 0 spiro atoms. The molecule has 0 atom stereocenters. The third kappa shape index (κ3) is 2.75. The van der Waals surface area contributed by atoms with Crippen LogP contribution in [0.15, 0.2) is 16.7 Å². The molecule has 1 rings (SSSR count). The third-order valence-corrected chi connectivity index (χ3v) is 1.65. The summed E-state index contributed by atoms with van der Waals surface area (Å²) < 4.78 is 40.0. The van der Waals surface area contributed by atoms with Gasteiger partial charge in [-0.1, -0.05) is 0 Å². The van der Waals surface area contributed by atoms with Gasteiger partial charge >= 0.3 is 12.1 Å². The van der Waals surface area contributed by atoms with Crippen LogP contribution in [-0.4, -0.2) is 18.0 Å². The SMILES string of the molecule is Cc1occc1C(=O)NNC(=O)C(F)(F)F. The number of carbonyl (C=O) groups is 2. The summed E-state index contributed by atoms with van der Waals surface area (Å²) in [5.74, 6) is -2.90. The number of aryl methyl sites for hydroxylation is 1. The maximum absolute atomic E-state index is 11.7. The molecule has 0 aromatic carbocycles. The van der Waals surface area contributed by atoms with Crippen molar-refractivity contribution in [1.29, 1.82) is 0 Å². The molecule has 1 heterocycles. The first kappa shape index (κ1) is 12.1. The molecule has 0 aliphatic rings. The van der Waals surface area contributed by atoms with E-state index >= 15 is 0 Å². The minimum absolute atomic E-state index is 0.0440. The maximum Gasteiger partial charge on any atom is 0.472 e. The van der Waals surface area contributed by atoms with Crippen LogP contribution in [0.3, 0.4) is 0 Å². The van der Waals surface area contributed by atoms with Crippen molar-refractivity contribution in [3.05, 3.63) is 23.7 Å². The molecule has 16 heavy (non-hydrogen) atoms. The number of alkyl halides is 3. The Balaban J connectivity index is 2.55. The van der Waals surface area contributed by atoms with E-state index in [2.05, 4.69) is 0 Å². The summed E-state index contributed by atoms with van der Waals surface area (Å²) in [4.78, 5) is 21.6. The van der Waals surface area contributed by atoms with Crippen molar-refractivity contribution in [3.63, 3.8) is 0 Å². The van der Waals surface area contributed by atoms with Gasteiger partial charge < -0.3 is 4.42 Å². The highest BCUT2D eigenvalue weighted by Crippen LogP contribution is 2.13. The second-order valence-corrected chi connectivity index (χ2v) is 2.80. The fourth-order valence-corrected chi connectivity index (χ4v) is 0.872. The van der Waals surface area contributed by atoms with E-state index in [4.69, 9.17) is 4.42 Å². The van der Waals surface area contributed by atoms with Gasteiger partial charge in [0.1, 0.15) is 5.76 Å². The molecule has 2 amide bonds. The number of halogens is 3. The van der Waals surface area contributed by atoms with Crippen LogP contribution in [0.5, 0.6) is 0 Å². The molecule has 0 unspecified atom stereocenters. The predicted molar refractivity (Wildman–Crippen MR) is 45.1 cm³/mol. The van der Waals surface area contributed by atoms with Gasteiger partial charge in [0.05, 0.1) is 11.8 Å². The zero-order valence-electron chi connectivity index (χ0n) is 8.01. The summed E-state index contributed by atoms with van der Waals surface area (Å²) in [5.41, 5.74) is 2.89. The molecule has 0 fully saturated rings. The van der Waals surface area contributed by atoms with Crippen LogP contribution in [-0.2, 0) is 4.79 Å². The summed E-state index contributed by atoms with van der Waals surface area (Å²) in [6, 6.07) is 1.27. The summed E-state index contributed by atoms with van der Waals surface area (Å²) >= 11 is 0. The second kappa shape index (κ2) is 4.25. The van der Waals surface area contributed by atoms with Gasteiger partial charge in [0.2, 0.25) is 0 Å². The molecule has 0 saturated heterocycles. The maximum atomic E-state index is 11.7. The van der Waals surface area contributed by atoms with E-state index in [0.29, 0.717) is 0 Å². The van der Waals surface area contributed by atoms with Crippen LogP contribution >= 0.6 is 0 Å². The zero-order valence-corrected chi connectivity index (χ0v) is 8.01. The Bertz CT molecular complexity index is 411. The largest absolute Gasteiger partial charge is 0.472 e. The summed E-state index contributed by atoms with van der Waals surface area (Å²) in [5, 5.41) is 0. The van der Waals surface area contributed by atoms with Gasteiger partial charge in [-0.3, -0.25) is 20.4 Å². The number of hydrogen-bond acceptors (Lipinski definition) is 3. The van der Waals surface area contributed by atoms with E-state index in [9.17, 15) is 22.8 Å². The molecular formula is C8H7F3N2O3. The Morgan fingerprint density at radius 3 is 2.38 bits per heavy atom. The molecule has 2 N–H and O–H groups in total. The molecule has 88 valence electrons. The van der Waals surface area contributed by atoms with Gasteiger partial charge in [-0.2, -0.15) is 13.2 Å². The third-order valence-electron chi connectivity index (χ3n) is 1.65. The van der Waals surface area contributed by atoms with Crippen molar-refractivity contribution in [2.24, 2.45) is 0 Å². The van der Waals surface area contributed by atoms with E-state index in [1.54, 1.807) is 5.43 Å². The van der Waals surface area contributed by atoms with Crippen LogP contribution in [0, 0.1) is 6.92 Å². The Labute approximate surface area is 87.6 Å². The topological polar surface area (TPSA) is 71.3 Å². The Morgan fingerprint density at radius 2 is 1.94 bits per heavy atom. The van der Waals surface area contributed by atoms with Gasteiger partial charge in [-0.15, -0.1) is 0 Å². The standard InChI is InChI=1S/C8H7F3N2O3/c1-4-5(2-3-16-4)6(14)12-13-7(15)8(9,10)11/h2-3H,1H3,(H,12,14)(H,13,15). The van der Waals surface area contributed by atoms with E-state index in [1.165, 1.54) is 24.7 Å². The smallest absolute Gasteiger partial charge is 0.469 e. The fraction of sp³-hybridized carbons (Fsp3) is 0.250. The first-order valence-electron chi connectivity index (χ1n) is 4.04. The number of amides is 2. The fourth-order valence-electron chi connectivity index (χ4n) is 0.872. The number of nitrogens with one attached hydrogen (secondary N) is 2. The molecule has 1 aromatic rings. The number of carbonyl (C=O) groups excluding carboxylic acids is 2. The lowest BCUT2D eigenvalue weighted by atomic mass is 10.2. The van der Waals surface area contributed by atoms with Crippen LogP contribution in [0.1, 0.15) is 16.1 Å². The number of hydrogen-bond donors (Lipinski definition) is 2. The Morgan fingerprint density at radius 1 is 1.31 bits per heavy atom. The van der Waals surface area contributed by atoms with Crippen LogP contribution in [0.25, 0.3) is 0 Å². The van der Waals surface area contributed by atoms with Gasteiger partial charge in [-0.05, 0) is 13.0 Å². The minimum atomic E-state index is -5.04. The number of furan rings is 1. The van der Waals surface area contributed by atoms with E-state index < -0.39 is 18.0 Å². The van der Waals surface area contributed by atoms with Crippen molar-refractivity contribution in [2.75, 3.05) is 0 Å². The predicted octanol–water partition coefficient (Wildman–Crippen LogP) is 0.911. The molecular weight excluding hydrogens is 229 g/mol. The van der Waals surface area contributed by atoms with Crippen LogP contribution in [0.4, 0.5) is 13.2 Å². The van der Waals surface area contributed by atoms with Crippen LogP contribution < -0.4 is 10.9 Å². The summed E-state index contributed by atoms with van der Waals surface area (Å²) in [6.45, 7) is 1.46. The number of hydrazine groups is 1. The highest BCUT2D eigenvalue weighted by molar-refractivity contribution is 5.96. The first-order chi connectivity index (χ1) is 7.32. The number of rotatable bonds is 1. The van der Waals surface area contributed by atoms with Gasteiger partial charge in [0, 0.05) is 0 Å². The van der Waals surface area contributed by atoms with Gasteiger partial charge in [0.15, 0.2) is 0 Å². The van der Waals surface area contributed by atoms with Crippen molar-refractivity contribution >= 4 is 11.8 Å². The van der Waals surface area contributed by atoms with E-state index in [1.807, 2.05) is 0 Å². The molecule has 0 aliphatic carbocycles. The van der Waals surface area contributed by atoms with Crippen LogP contribution in [0.2, 0.25) is 0 Å². The van der Waals surface area contributed by atoms with Gasteiger partial charge in [-0.25, -0.2) is 0 Å². The van der Waals surface area contributed by atoms with Crippen molar-refractivity contribution < 1.29 is 27.2 Å². The molecule has 5 nitrogen and oxygen atoms in total. The van der Waals surface area contributed by atoms with Gasteiger partial charge in [0.25, 0.3) is 5.91 Å². The molecule has 0 bridgehead atoms. The monoisotopic (exact) mass is 236 g/mol. The lowest BCUT2D eigenvalue weighted by molar-refractivity contribution is -0.174. The van der Waals surface area contributed by atoms with E-state index in [0.717, 1.165) is 0 Å². The molecule has 0 saturated carbocycles. The van der Waals surface area contributed by atoms with Crippen molar-refractivity contribution in [3.8, 4) is 0 Å². The molecule has 0 aliphatic heterocycles. The Hall–Kier alpha value is -1.99. The van der Waals surface area contributed by atoms with Crippen molar-refractivity contribution in [1.82, 2.24) is 10.9 Å². The zero-order chi connectivity index (χ0) is 12.3. The molecule has 8 heteroatoms. The Kier molecular flexibility index (Phi) is 3.21. The lowest BCUT2D eigenvalue weighted by Crippen LogP contribution is -2.47. The average Bonchev–Trinajstić information content (AvgIpc) is 2.58. The normalized spacial score (nSPS) is 11.0. The van der Waals surface area contributed by atoms with E-state index in [-0.39, 0.29) is 11.3 Å². The highest BCUT2D eigenvalue weighted by Gasteiger charge is 2.39. The summed E-state index contributed by atoms with van der Waals surface area (Å²) in [7, 11) is 0. The summed E-state index contributed by atoms with van der Waals surface area (Å²) in [6.07, 6.45) is -3.84. The first-order valence-corrected chi connectivity index (χ1v) is 4.04. The highest BCUT2D eigenvalue weighted by atomic mass is 19.4. The molecule has 0 radical (unpaired) electrons.